The predicted octanol–water partition coefficient (Wildman–Crippen LogP) is 3.74. The van der Waals surface area contributed by atoms with Crippen LogP contribution in [-0.2, 0) is 11.0 Å². The van der Waals surface area contributed by atoms with Crippen LogP contribution in [0.3, 0.4) is 0 Å². The zero-order valence-electron chi connectivity index (χ0n) is 11.9. The van der Waals surface area contributed by atoms with Crippen molar-refractivity contribution < 1.29 is 22.4 Å². The third-order valence-corrected chi connectivity index (χ3v) is 3.65. The van der Waals surface area contributed by atoms with Crippen molar-refractivity contribution in [1.29, 1.82) is 0 Å². The zero-order chi connectivity index (χ0) is 15.7. The van der Waals surface area contributed by atoms with Crippen molar-refractivity contribution in [3.05, 3.63) is 29.6 Å². The number of benzene rings is 1. The highest BCUT2D eigenvalue weighted by atomic mass is 35.5. The lowest BCUT2D eigenvalue weighted by Crippen LogP contribution is -2.54. The lowest BCUT2D eigenvalue weighted by Gasteiger charge is -2.33. The van der Waals surface area contributed by atoms with Gasteiger partial charge in [0, 0.05) is 5.69 Å². The molecule has 1 atom stereocenters. The number of hydrogen-bond acceptors (Lipinski definition) is 2. The van der Waals surface area contributed by atoms with Crippen molar-refractivity contribution in [2.75, 3.05) is 11.9 Å². The molecule has 22 heavy (non-hydrogen) atoms. The maximum Gasteiger partial charge on any atom is 0.419 e. The summed E-state index contributed by atoms with van der Waals surface area (Å²) in [5.74, 6) is -1.77. The fourth-order valence-corrected chi connectivity index (χ4v) is 2.34. The van der Waals surface area contributed by atoms with Crippen LogP contribution in [0.1, 0.15) is 31.7 Å². The summed E-state index contributed by atoms with van der Waals surface area (Å²) in [5.41, 5.74) is -2.27. The topological polar surface area (TPSA) is 41.1 Å². The summed E-state index contributed by atoms with van der Waals surface area (Å²) in [7, 11) is 0. The maximum absolute atomic E-state index is 13.2. The van der Waals surface area contributed by atoms with E-state index in [4.69, 9.17) is 0 Å². The normalized spacial score (nSPS) is 21.9. The Hall–Kier alpha value is -1.34. The van der Waals surface area contributed by atoms with Gasteiger partial charge in [0.25, 0.3) is 0 Å². The fourth-order valence-electron chi connectivity index (χ4n) is 2.34. The number of nitrogens with one attached hydrogen (secondary N) is 2. The average molecular weight is 341 g/mol. The number of carbonyl (C=O) groups is 1. The van der Waals surface area contributed by atoms with Gasteiger partial charge < -0.3 is 10.6 Å². The quantitative estimate of drug-likeness (QED) is 0.805. The lowest BCUT2D eigenvalue weighted by molar-refractivity contribution is -0.140. The van der Waals surface area contributed by atoms with Crippen LogP contribution in [0.25, 0.3) is 0 Å². The molecule has 0 aromatic heterocycles. The molecule has 1 fully saturated rings. The van der Waals surface area contributed by atoms with Gasteiger partial charge in [-0.1, -0.05) is 0 Å². The first-order valence-electron chi connectivity index (χ1n) is 6.66. The summed E-state index contributed by atoms with van der Waals surface area (Å²) in [5, 5.41) is 5.49. The number of anilines is 1. The van der Waals surface area contributed by atoms with Crippen molar-refractivity contribution >= 4 is 24.0 Å². The third-order valence-electron chi connectivity index (χ3n) is 3.65. The van der Waals surface area contributed by atoms with Crippen LogP contribution in [0.4, 0.5) is 23.2 Å². The second kappa shape index (κ2) is 6.83. The van der Waals surface area contributed by atoms with Crippen LogP contribution in [-0.4, -0.2) is 18.0 Å². The van der Waals surface area contributed by atoms with Gasteiger partial charge in [-0.2, -0.15) is 13.2 Å². The number of halogens is 5. The minimum Gasteiger partial charge on any atom is -0.324 e. The molecule has 1 unspecified atom stereocenters. The Bertz CT molecular complexity index is 542. The van der Waals surface area contributed by atoms with E-state index in [0.29, 0.717) is 25.1 Å². The Morgan fingerprint density at radius 3 is 2.55 bits per heavy atom. The van der Waals surface area contributed by atoms with Gasteiger partial charge in [-0.05, 0) is 50.9 Å². The van der Waals surface area contributed by atoms with Gasteiger partial charge in [-0.3, -0.25) is 4.79 Å². The van der Waals surface area contributed by atoms with Crippen LogP contribution < -0.4 is 10.6 Å². The molecular weight excluding hydrogens is 324 g/mol. The minimum absolute atomic E-state index is 0. The Balaban J connectivity index is 0.00000242. The number of alkyl halides is 3. The van der Waals surface area contributed by atoms with E-state index in [9.17, 15) is 22.4 Å². The highest BCUT2D eigenvalue weighted by Gasteiger charge is 2.36. The fraction of sp³-hybridized carbons (Fsp3) is 0.500. The highest BCUT2D eigenvalue weighted by Crippen LogP contribution is 2.33. The van der Waals surface area contributed by atoms with Crippen molar-refractivity contribution in [3.8, 4) is 0 Å². The van der Waals surface area contributed by atoms with Gasteiger partial charge in [-0.15, -0.1) is 12.4 Å². The van der Waals surface area contributed by atoms with Crippen LogP contribution in [0.2, 0.25) is 0 Å². The number of rotatable bonds is 2. The molecule has 1 saturated heterocycles. The first-order chi connectivity index (χ1) is 9.72. The molecular formula is C14H17ClF4N2O. The van der Waals surface area contributed by atoms with E-state index in [2.05, 4.69) is 10.6 Å². The third kappa shape index (κ3) is 4.10. The van der Waals surface area contributed by atoms with E-state index in [0.717, 1.165) is 18.9 Å². The smallest absolute Gasteiger partial charge is 0.324 e. The molecule has 0 aliphatic carbocycles. The van der Waals surface area contributed by atoms with E-state index >= 15 is 0 Å². The van der Waals surface area contributed by atoms with Crippen LogP contribution in [0, 0.1) is 5.82 Å². The summed E-state index contributed by atoms with van der Waals surface area (Å²) in [6.45, 7) is 2.39. The van der Waals surface area contributed by atoms with Crippen LogP contribution in [0.15, 0.2) is 18.2 Å². The van der Waals surface area contributed by atoms with E-state index in [1.54, 1.807) is 6.92 Å². The molecule has 1 heterocycles. The molecule has 1 amide bonds. The first kappa shape index (κ1) is 18.7. The number of carbonyl (C=O) groups excluding carboxylic acids is 1. The average Bonchev–Trinajstić information content (AvgIpc) is 2.40. The highest BCUT2D eigenvalue weighted by molar-refractivity contribution is 5.98. The molecule has 1 aromatic carbocycles. The van der Waals surface area contributed by atoms with Crippen molar-refractivity contribution in [3.63, 3.8) is 0 Å². The molecule has 0 bridgehead atoms. The molecule has 2 rings (SSSR count). The Morgan fingerprint density at radius 2 is 2.00 bits per heavy atom. The van der Waals surface area contributed by atoms with E-state index < -0.39 is 29.0 Å². The first-order valence-corrected chi connectivity index (χ1v) is 6.66. The summed E-state index contributed by atoms with van der Waals surface area (Å²) in [6.07, 6.45) is -2.37. The van der Waals surface area contributed by atoms with Gasteiger partial charge in [0.2, 0.25) is 5.91 Å². The molecule has 1 aromatic rings. The summed E-state index contributed by atoms with van der Waals surface area (Å²) in [4.78, 5) is 12.2. The van der Waals surface area contributed by atoms with E-state index in [1.807, 2.05) is 0 Å². The molecule has 8 heteroatoms. The summed E-state index contributed by atoms with van der Waals surface area (Å²) < 4.78 is 51.1. The van der Waals surface area contributed by atoms with Crippen molar-refractivity contribution in [1.82, 2.24) is 5.32 Å². The largest absolute Gasteiger partial charge is 0.419 e. The second-order valence-electron chi connectivity index (χ2n) is 5.36. The standard InChI is InChI=1S/C14H16F4N2O.ClH/c1-13(6-2-3-7-19-13)12(21)20-9-4-5-11(15)10(8-9)14(16,17)18;/h4-5,8,19H,2-3,6-7H2,1H3,(H,20,21);1H. The maximum atomic E-state index is 13.2. The van der Waals surface area contributed by atoms with Crippen LogP contribution in [0.5, 0.6) is 0 Å². The Kier molecular flexibility index (Phi) is 5.81. The SMILES string of the molecule is CC1(C(=O)Nc2ccc(F)c(C(F)(F)F)c2)CCCCN1.Cl. The zero-order valence-corrected chi connectivity index (χ0v) is 12.7. The van der Waals surface area contributed by atoms with Crippen molar-refractivity contribution in [2.45, 2.75) is 37.9 Å². The Morgan fingerprint density at radius 1 is 1.32 bits per heavy atom. The monoisotopic (exact) mass is 340 g/mol. The second-order valence-corrected chi connectivity index (χ2v) is 5.36. The van der Waals surface area contributed by atoms with E-state index in [-0.39, 0.29) is 18.1 Å². The Labute approximate surface area is 131 Å². The minimum atomic E-state index is -4.79. The number of hydrogen-bond donors (Lipinski definition) is 2. The van der Waals surface area contributed by atoms with Gasteiger partial charge >= 0.3 is 6.18 Å². The predicted molar refractivity (Wildman–Crippen MR) is 77.5 cm³/mol. The van der Waals surface area contributed by atoms with Gasteiger partial charge in [0.05, 0.1) is 11.1 Å². The number of piperidine rings is 1. The molecule has 0 radical (unpaired) electrons. The van der Waals surface area contributed by atoms with Crippen LogP contribution >= 0.6 is 12.4 Å². The molecule has 2 N–H and O–H groups in total. The molecule has 0 spiro atoms. The van der Waals surface area contributed by atoms with E-state index in [1.165, 1.54) is 0 Å². The number of amides is 1. The van der Waals surface area contributed by atoms with Gasteiger partial charge in [0.15, 0.2) is 0 Å². The van der Waals surface area contributed by atoms with Gasteiger partial charge in [0.1, 0.15) is 5.82 Å². The summed E-state index contributed by atoms with van der Waals surface area (Å²) in [6, 6.07) is 2.43. The molecule has 1 aliphatic heterocycles. The lowest BCUT2D eigenvalue weighted by atomic mass is 9.90. The molecule has 3 nitrogen and oxygen atoms in total. The molecule has 0 saturated carbocycles. The molecule has 1 aliphatic rings. The van der Waals surface area contributed by atoms with Crippen molar-refractivity contribution in [2.24, 2.45) is 0 Å². The summed E-state index contributed by atoms with van der Waals surface area (Å²) >= 11 is 0. The molecule has 124 valence electrons. The van der Waals surface area contributed by atoms with Gasteiger partial charge in [-0.25, -0.2) is 4.39 Å².